The fourth-order valence-corrected chi connectivity index (χ4v) is 3.34. The molecule has 0 aromatic rings. The number of carbonyl (C=O) groups is 1. The van der Waals surface area contributed by atoms with Crippen LogP contribution in [0.3, 0.4) is 0 Å². The maximum absolute atomic E-state index is 11.8. The van der Waals surface area contributed by atoms with Crippen LogP contribution in [0.1, 0.15) is 12.8 Å². The van der Waals surface area contributed by atoms with Crippen LogP contribution in [0.4, 0.5) is 0 Å². The molecule has 7 heteroatoms. The Labute approximate surface area is 102 Å². The van der Waals surface area contributed by atoms with Crippen LogP contribution >= 0.6 is 0 Å². The molecular weight excluding hydrogens is 244 g/mol. The van der Waals surface area contributed by atoms with Gasteiger partial charge in [0.1, 0.15) is 0 Å². The highest BCUT2D eigenvalue weighted by molar-refractivity contribution is 7.89. The molecule has 0 aliphatic carbocycles. The minimum Gasteiger partial charge on any atom is -0.468 e. The van der Waals surface area contributed by atoms with Crippen molar-refractivity contribution in [1.29, 1.82) is 0 Å². The van der Waals surface area contributed by atoms with E-state index in [1.807, 2.05) is 7.05 Å². The largest absolute Gasteiger partial charge is 0.468 e. The van der Waals surface area contributed by atoms with Gasteiger partial charge in [0.25, 0.3) is 0 Å². The SMILES string of the molecule is CNCC1CCN(S(=O)(=O)CC(=O)OC)CC1. The van der Waals surface area contributed by atoms with E-state index in [0.717, 1.165) is 19.4 Å². The van der Waals surface area contributed by atoms with Crippen molar-refractivity contribution in [2.45, 2.75) is 12.8 Å². The number of methoxy groups -OCH3 is 1. The second-order valence-electron chi connectivity index (χ2n) is 4.23. The average molecular weight is 264 g/mol. The molecule has 0 radical (unpaired) electrons. The van der Waals surface area contributed by atoms with E-state index in [1.165, 1.54) is 11.4 Å². The Morgan fingerprint density at radius 2 is 2.00 bits per heavy atom. The standard InChI is InChI=1S/C10H20N2O4S/c1-11-7-9-3-5-12(6-4-9)17(14,15)8-10(13)16-2/h9,11H,3-8H2,1-2H3. The number of esters is 1. The molecule has 1 fully saturated rings. The number of ether oxygens (including phenoxy) is 1. The van der Waals surface area contributed by atoms with Crippen molar-refractivity contribution >= 4 is 16.0 Å². The zero-order chi connectivity index (χ0) is 12.9. The van der Waals surface area contributed by atoms with Gasteiger partial charge in [0, 0.05) is 13.1 Å². The maximum atomic E-state index is 11.8. The van der Waals surface area contributed by atoms with Crippen molar-refractivity contribution in [2.24, 2.45) is 5.92 Å². The molecule has 1 saturated heterocycles. The predicted octanol–water partition coefficient (Wildman–Crippen LogP) is -0.579. The van der Waals surface area contributed by atoms with E-state index in [1.54, 1.807) is 0 Å². The summed E-state index contributed by atoms with van der Waals surface area (Å²) in [6.07, 6.45) is 1.67. The van der Waals surface area contributed by atoms with Crippen molar-refractivity contribution in [3.63, 3.8) is 0 Å². The van der Waals surface area contributed by atoms with Gasteiger partial charge in [0.15, 0.2) is 5.75 Å². The van der Waals surface area contributed by atoms with Crippen LogP contribution in [0.15, 0.2) is 0 Å². The topological polar surface area (TPSA) is 75.7 Å². The van der Waals surface area contributed by atoms with Crippen LogP contribution < -0.4 is 5.32 Å². The number of rotatable bonds is 5. The molecule has 1 N–H and O–H groups in total. The molecule has 17 heavy (non-hydrogen) atoms. The van der Waals surface area contributed by atoms with Gasteiger partial charge in [-0.1, -0.05) is 0 Å². The van der Waals surface area contributed by atoms with E-state index in [0.29, 0.717) is 19.0 Å². The van der Waals surface area contributed by atoms with Crippen LogP contribution in [0.2, 0.25) is 0 Å². The first-order valence-corrected chi connectivity index (χ1v) is 7.29. The van der Waals surface area contributed by atoms with Gasteiger partial charge < -0.3 is 10.1 Å². The summed E-state index contributed by atoms with van der Waals surface area (Å²) in [5.41, 5.74) is 0. The predicted molar refractivity (Wildman–Crippen MR) is 64.0 cm³/mol. The molecule has 1 aliphatic heterocycles. The lowest BCUT2D eigenvalue weighted by molar-refractivity contribution is -0.137. The zero-order valence-corrected chi connectivity index (χ0v) is 11.1. The summed E-state index contributed by atoms with van der Waals surface area (Å²) >= 11 is 0. The number of sulfonamides is 1. The lowest BCUT2D eigenvalue weighted by Crippen LogP contribution is -2.42. The molecule has 0 unspecified atom stereocenters. The fraction of sp³-hybridized carbons (Fsp3) is 0.900. The van der Waals surface area contributed by atoms with Gasteiger partial charge in [0.05, 0.1) is 7.11 Å². The Kier molecular flexibility index (Phi) is 5.35. The van der Waals surface area contributed by atoms with E-state index in [4.69, 9.17) is 0 Å². The molecule has 0 aromatic carbocycles. The smallest absolute Gasteiger partial charge is 0.322 e. The number of hydrogen-bond acceptors (Lipinski definition) is 5. The Morgan fingerprint density at radius 3 is 2.47 bits per heavy atom. The average Bonchev–Trinajstić information content (AvgIpc) is 2.29. The summed E-state index contributed by atoms with van der Waals surface area (Å²) in [4.78, 5) is 11.0. The number of nitrogens with one attached hydrogen (secondary N) is 1. The summed E-state index contributed by atoms with van der Waals surface area (Å²) in [6, 6.07) is 0. The van der Waals surface area contributed by atoms with Gasteiger partial charge >= 0.3 is 5.97 Å². The van der Waals surface area contributed by atoms with E-state index >= 15 is 0 Å². The minimum absolute atomic E-state index is 0.492. The molecule has 0 bridgehead atoms. The summed E-state index contributed by atoms with van der Waals surface area (Å²) in [5, 5.41) is 3.09. The number of hydrogen-bond donors (Lipinski definition) is 1. The van der Waals surface area contributed by atoms with Crippen LogP contribution in [-0.4, -0.2) is 58.2 Å². The monoisotopic (exact) mass is 264 g/mol. The lowest BCUT2D eigenvalue weighted by Gasteiger charge is -2.30. The maximum Gasteiger partial charge on any atom is 0.322 e. The fourth-order valence-electron chi connectivity index (χ4n) is 1.98. The van der Waals surface area contributed by atoms with Crippen molar-refractivity contribution in [3.8, 4) is 0 Å². The van der Waals surface area contributed by atoms with Crippen molar-refractivity contribution in [1.82, 2.24) is 9.62 Å². The molecule has 1 heterocycles. The van der Waals surface area contributed by atoms with E-state index in [2.05, 4.69) is 10.1 Å². The Balaban J connectivity index is 2.50. The van der Waals surface area contributed by atoms with Crippen LogP contribution in [-0.2, 0) is 19.6 Å². The van der Waals surface area contributed by atoms with Gasteiger partial charge in [0.2, 0.25) is 10.0 Å². The highest BCUT2D eigenvalue weighted by atomic mass is 32.2. The normalized spacial score (nSPS) is 19.2. The molecule has 0 amide bonds. The van der Waals surface area contributed by atoms with Crippen molar-refractivity contribution in [3.05, 3.63) is 0 Å². The van der Waals surface area contributed by atoms with Crippen LogP contribution in [0.25, 0.3) is 0 Å². The highest BCUT2D eigenvalue weighted by Crippen LogP contribution is 2.19. The molecule has 1 aliphatic rings. The van der Waals surface area contributed by atoms with Gasteiger partial charge in [-0.15, -0.1) is 0 Å². The summed E-state index contributed by atoms with van der Waals surface area (Å²) in [5.74, 6) is -0.743. The zero-order valence-electron chi connectivity index (χ0n) is 10.3. The van der Waals surface area contributed by atoms with Crippen molar-refractivity contribution < 1.29 is 17.9 Å². The first kappa shape index (κ1) is 14.4. The first-order chi connectivity index (χ1) is 7.99. The van der Waals surface area contributed by atoms with Gasteiger partial charge in [-0.05, 0) is 32.4 Å². The number of carbonyl (C=O) groups excluding carboxylic acids is 1. The molecule has 0 atom stereocenters. The second kappa shape index (κ2) is 6.32. The molecule has 100 valence electrons. The molecular formula is C10H20N2O4S. The molecule has 0 saturated carbocycles. The van der Waals surface area contributed by atoms with Gasteiger partial charge in [-0.3, -0.25) is 4.79 Å². The second-order valence-corrected chi connectivity index (χ2v) is 6.20. The first-order valence-electron chi connectivity index (χ1n) is 5.69. The molecule has 0 spiro atoms. The van der Waals surface area contributed by atoms with E-state index in [-0.39, 0.29) is 0 Å². The summed E-state index contributed by atoms with van der Waals surface area (Å²) in [7, 11) is -0.414. The molecule has 1 rings (SSSR count). The van der Waals surface area contributed by atoms with E-state index in [9.17, 15) is 13.2 Å². The van der Waals surface area contributed by atoms with Crippen molar-refractivity contribution in [2.75, 3.05) is 39.5 Å². The Bertz CT molecular complexity index is 347. The summed E-state index contributed by atoms with van der Waals surface area (Å²) in [6.45, 7) is 1.89. The summed E-state index contributed by atoms with van der Waals surface area (Å²) < 4.78 is 29.4. The Hall–Kier alpha value is -0.660. The van der Waals surface area contributed by atoms with E-state index < -0.39 is 21.7 Å². The third-order valence-electron chi connectivity index (χ3n) is 2.99. The quantitative estimate of drug-likeness (QED) is 0.672. The minimum atomic E-state index is -3.49. The van der Waals surface area contributed by atoms with Crippen LogP contribution in [0.5, 0.6) is 0 Å². The number of piperidine rings is 1. The lowest BCUT2D eigenvalue weighted by atomic mass is 9.98. The van der Waals surface area contributed by atoms with Gasteiger partial charge in [-0.2, -0.15) is 0 Å². The highest BCUT2D eigenvalue weighted by Gasteiger charge is 2.29. The Morgan fingerprint density at radius 1 is 1.41 bits per heavy atom. The third-order valence-corrected chi connectivity index (χ3v) is 4.74. The molecule has 6 nitrogen and oxygen atoms in total. The van der Waals surface area contributed by atoms with Crippen LogP contribution in [0, 0.1) is 5.92 Å². The van der Waals surface area contributed by atoms with Gasteiger partial charge in [-0.25, -0.2) is 12.7 Å². The number of nitrogens with zero attached hydrogens (tertiary/aromatic N) is 1. The third kappa shape index (κ3) is 4.25. The molecule has 0 aromatic heterocycles.